The Morgan fingerprint density at radius 3 is 2.21 bits per heavy atom. The molecule has 0 aliphatic rings. The second-order valence-corrected chi connectivity index (χ2v) is 5.42. The van der Waals surface area contributed by atoms with Gasteiger partial charge < -0.3 is 0 Å². The van der Waals surface area contributed by atoms with E-state index in [-0.39, 0.29) is 5.78 Å². The summed E-state index contributed by atoms with van der Waals surface area (Å²) < 4.78 is 0. The average molecular weight is 280 g/mol. The summed E-state index contributed by atoms with van der Waals surface area (Å²) in [5, 5.41) is 0.701. The monoisotopic (exact) mass is 279 g/mol. The first-order chi connectivity index (χ1) is 8.91. The van der Waals surface area contributed by atoms with Gasteiger partial charge in [0.05, 0.1) is 5.54 Å². The smallest absolute Gasteiger partial charge is 0.175 e. The van der Waals surface area contributed by atoms with Crippen molar-refractivity contribution in [2.45, 2.75) is 33.2 Å². The Kier molecular flexibility index (Phi) is 5.77. The van der Waals surface area contributed by atoms with Crippen molar-refractivity contribution in [1.29, 1.82) is 0 Å². The van der Waals surface area contributed by atoms with Crippen molar-refractivity contribution in [2.24, 2.45) is 0 Å². The second-order valence-electron chi connectivity index (χ2n) is 4.98. The molecule has 0 heterocycles. The maximum atomic E-state index is 12.3. The molecule has 0 atom stereocenters. The van der Waals surface area contributed by atoms with Gasteiger partial charge in [0.1, 0.15) is 0 Å². The fourth-order valence-electron chi connectivity index (χ4n) is 2.12. The quantitative estimate of drug-likeness (QED) is 0.733. The molecule has 0 unspecified atom stereocenters. The number of ketones is 1. The maximum Gasteiger partial charge on any atom is 0.175 e. The Labute approximate surface area is 121 Å². The molecule has 2 nitrogen and oxygen atoms in total. The van der Waals surface area contributed by atoms with E-state index in [2.05, 4.69) is 18.7 Å². The number of rotatable bonds is 6. The van der Waals surface area contributed by atoms with E-state index in [4.69, 9.17) is 11.6 Å². The predicted molar refractivity (Wildman–Crippen MR) is 82.5 cm³/mol. The van der Waals surface area contributed by atoms with Gasteiger partial charge in [-0.05, 0) is 50.7 Å². The van der Waals surface area contributed by atoms with Gasteiger partial charge in [-0.15, -0.1) is 0 Å². The van der Waals surface area contributed by atoms with Crippen LogP contribution in [0.5, 0.6) is 0 Å². The lowest BCUT2D eigenvalue weighted by molar-refractivity contribution is -0.124. The first-order valence-corrected chi connectivity index (χ1v) is 7.02. The highest BCUT2D eigenvalue weighted by Gasteiger charge is 2.30. The molecule has 1 aromatic rings. The topological polar surface area (TPSA) is 20.3 Å². The van der Waals surface area contributed by atoms with Crippen LogP contribution in [0.2, 0.25) is 5.02 Å². The van der Waals surface area contributed by atoms with Gasteiger partial charge in [0.25, 0.3) is 0 Å². The molecule has 0 amide bonds. The molecule has 19 heavy (non-hydrogen) atoms. The van der Waals surface area contributed by atoms with Gasteiger partial charge in [0, 0.05) is 5.02 Å². The first kappa shape index (κ1) is 15.9. The van der Waals surface area contributed by atoms with Crippen LogP contribution in [0.1, 0.15) is 33.3 Å². The summed E-state index contributed by atoms with van der Waals surface area (Å²) in [4.78, 5) is 14.5. The van der Waals surface area contributed by atoms with E-state index >= 15 is 0 Å². The Balaban J connectivity index is 2.81. The zero-order valence-corrected chi connectivity index (χ0v) is 12.9. The highest BCUT2D eigenvalue weighted by Crippen LogP contribution is 2.17. The van der Waals surface area contributed by atoms with Gasteiger partial charge in [0.2, 0.25) is 0 Å². The van der Waals surface area contributed by atoms with E-state index < -0.39 is 5.54 Å². The SMILES string of the molecule is CCN(CC)C(C)(C)C(=O)/C=C\c1ccc(Cl)cc1. The van der Waals surface area contributed by atoms with Crippen molar-refractivity contribution in [1.82, 2.24) is 4.90 Å². The largest absolute Gasteiger partial charge is 0.293 e. The van der Waals surface area contributed by atoms with Gasteiger partial charge in [-0.1, -0.05) is 43.7 Å². The van der Waals surface area contributed by atoms with Crippen molar-refractivity contribution in [3.63, 3.8) is 0 Å². The molecular formula is C16H22ClNO. The van der Waals surface area contributed by atoms with Crippen LogP contribution in [0.4, 0.5) is 0 Å². The Morgan fingerprint density at radius 1 is 1.21 bits per heavy atom. The van der Waals surface area contributed by atoms with E-state index in [1.54, 1.807) is 6.08 Å². The molecule has 0 saturated carbocycles. The Morgan fingerprint density at radius 2 is 1.74 bits per heavy atom. The van der Waals surface area contributed by atoms with Gasteiger partial charge >= 0.3 is 0 Å². The third-order valence-corrected chi connectivity index (χ3v) is 3.71. The number of benzene rings is 1. The van der Waals surface area contributed by atoms with E-state index in [1.165, 1.54) is 0 Å². The van der Waals surface area contributed by atoms with Crippen LogP contribution in [0.3, 0.4) is 0 Å². The molecule has 104 valence electrons. The molecule has 0 spiro atoms. The van der Waals surface area contributed by atoms with E-state index in [0.717, 1.165) is 18.7 Å². The third kappa shape index (κ3) is 4.19. The molecule has 1 aromatic carbocycles. The van der Waals surface area contributed by atoms with Crippen LogP contribution in [0, 0.1) is 0 Å². The number of hydrogen-bond acceptors (Lipinski definition) is 2. The fourth-order valence-corrected chi connectivity index (χ4v) is 2.25. The standard InChI is InChI=1S/C16H22ClNO/c1-5-18(6-2)16(3,4)15(19)12-9-13-7-10-14(17)11-8-13/h7-12H,5-6H2,1-4H3/b12-9-. The van der Waals surface area contributed by atoms with Gasteiger partial charge in [-0.3, -0.25) is 9.69 Å². The van der Waals surface area contributed by atoms with Crippen molar-refractivity contribution >= 4 is 23.5 Å². The number of carbonyl (C=O) groups is 1. The molecule has 0 aliphatic carbocycles. The highest BCUT2D eigenvalue weighted by molar-refractivity contribution is 6.30. The Bertz CT molecular complexity index is 444. The fraction of sp³-hybridized carbons (Fsp3) is 0.438. The third-order valence-electron chi connectivity index (χ3n) is 3.45. The lowest BCUT2D eigenvalue weighted by atomic mass is 9.95. The van der Waals surface area contributed by atoms with Gasteiger partial charge in [-0.2, -0.15) is 0 Å². The number of hydrogen-bond donors (Lipinski definition) is 0. The number of nitrogens with zero attached hydrogens (tertiary/aromatic N) is 1. The van der Waals surface area contributed by atoms with E-state index in [0.29, 0.717) is 5.02 Å². The summed E-state index contributed by atoms with van der Waals surface area (Å²) in [6, 6.07) is 7.44. The number of likely N-dealkylation sites (N-methyl/N-ethyl adjacent to an activating group) is 1. The average Bonchev–Trinajstić information content (AvgIpc) is 2.38. The highest BCUT2D eigenvalue weighted by atomic mass is 35.5. The molecule has 1 rings (SSSR count). The van der Waals surface area contributed by atoms with Crippen LogP contribution < -0.4 is 0 Å². The van der Waals surface area contributed by atoms with Crippen molar-refractivity contribution < 1.29 is 4.79 Å². The number of carbonyl (C=O) groups excluding carboxylic acids is 1. The van der Waals surface area contributed by atoms with Crippen LogP contribution in [-0.2, 0) is 4.79 Å². The molecule has 0 saturated heterocycles. The first-order valence-electron chi connectivity index (χ1n) is 6.65. The number of halogens is 1. The van der Waals surface area contributed by atoms with Crippen LogP contribution in [0.15, 0.2) is 30.3 Å². The zero-order chi connectivity index (χ0) is 14.5. The molecule has 0 aliphatic heterocycles. The minimum atomic E-state index is -0.466. The molecule has 3 heteroatoms. The lowest BCUT2D eigenvalue weighted by Gasteiger charge is -2.34. The normalized spacial score (nSPS) is 12.3. The summed E-state index contributed by atoms with van der Waals surface area (Å²) in [6.45, 7) is 9.81. The maximum absolute atomic E-state index is 12.3. The molecule has 0 bridgehead atoms. The zero-order valence-electron chi connectivity index (χ0n) is 12.1. The lowest BCUT2D eigenvalue weighted by Crippen LogP contribution is -2.49. The van der Waals surface area contributed by atoms with E-state index in [9.17, 15) is 4.79 Å². The summed E-state index contributed by atoms with van der Waals surface area (Å²) in [6.07, 6.45) is 3.49. The molecule has 0 aromatic heterocycles. The van der Waals surface area contributed by atoms with Crippen molar-refractivity contribution in [3.05, 3.63) is 40.9 Å². The van der Waals surface area contributed by atoms with Crippen LogP contribution >= 0.6 is 11.6 Å². The predicted octanol–water partition coefficient (Wildman–Crippen LogP) is 4.04. The Hall–Kier alpha value is -1.12. The molecule has 0 radical (unpaired) electrons. The van der Waals surface area contributed by atoms with Gasteiger partial charge in [-0.25, -0.2) is 0 Å². The molecular weight excluding hydrogens is 258 g/mol. The van der Waals surface area contributed by atoms with Crippen molar-refractivity contribution in [3.8, 4) is 0 Å². The van der Waals surface area contributed by atoms with E-state index in [1.807, 2.05) is 44.2 Å². The minimum absolute atomic E-state index is 0.117. The summed E-state index contributed by atoms with van der Waals surface area (Å²) in [7, 11) is 0. The van der Waals surface area contributed by atoms with Crippen LogP contribution in [-0.4, -0.2) is 29.3 Å². The van der Waals surface area contributed by atoms with Gasteiger partial charge in [0.15, 0.2) is 5.78 Å². The summed E-state index contributed by atoms with van der Waals surface area (Å²) in [5.41, 5.74) is 0.514. The summed E-state index contributed by atoms with van der Waals surface area (Å²) in [5.74, 6) is 0.117. The molecule has 0 N–H and O–H groups in total. The van der Waals surface area contributed by atoms with Crippen LogP contribution in [0.25, 0.3) is 6.08 Å². The second kappa shape index (κ2) is 6.88. The molecule has 0 fully saturated rings. The summed E-state index contributed by atoms with van der Waals surface area (Å²) >= 11 is 5.83. The van der Waals surface area contributed by atoms with Crippen molar-refractivity contribution in [2.75, 3.05) is 13.1 Å². The minimum Gasteiger partial charge on any atom is -0.293 e.